The fraction of sp³-hybridized carbons (Fsp3) is 0.375. The van der Waals surface area contributed by atoms with Gasteiger partial charge in [0.2, 0.25) is 11.0 Å². The van der Waals surface area contributed by atoms with Gasteiger partial charge in [-0.25, -0.2) is 4.68 Å². The lowest BCUT2D eigenvalue weighted by molar-refractivity contribution is -0.120. The molecule has 4 heterocycles. The van der Waals surface area contributed by atoms with Crippen molar-refractivity contribution in [3.8, 4) is 5.82 Å². The number of carbonyl (C=O) groups excluding carboxylic acids is 1. The van der Waals surface area contributed by atoms with Gasteiger partial charge in [-0.05, 0) is 38.0 Å². The van der Waals surface area contributed by atoms with Crippen LogP contribution in [0.3, 0.4) is 0 Å². The van der Waals surface area contributed by atoms with Gasteiger partial charge in [0.25, 0.3) is 0 Å². The van der Waals surface area contributed by atoms with Crippen LogP contribution >= 0.6 is 11.3 Å². The minimum Gasteiger partial charge on any atom is -0.354 e. The van der Waals surface area contributed by atoms with Gasteiger partial charge in [-0.2, -0.15) is 5.10 Å². The van der Waals surface area contributed by atoms with Gasteiger partial charge in [-0.3, -0.25) is 4.79 Å². The zero-order valence-electron chi connectivity index (χ0n) is 14.2. The number of carbonyl (C=O) groups is 1. The number of aryl methyl sites for hydroxylation is 1. The number of nitrogens with zero attached hydrogens (tertiary/aromatic N) is 7. The fourth-order valence-corrected chi connectivity index (χ4v) is 3.56. The molecule has 26 heavy (non-hydrogen) atoms. The molecule has 1 aliphatic heterocycles. The SMILES string of the molecule is Cc1nnc(NC(=O)C2CCCN(c3ccc(-n4cccn4)nn3)C2)s1. The molecule has 1 fully saturated rings. The molecule has 3 aromatic rings. The van der Waals surface area contributed by atoms with Crippen LogP contribution in [0.2, 0.25) is 0 Å². The molecule has 0 saturated carbocycles. The predicted octanol–water partition coefficient (Wildman–Crippen LogP) is 1.68. The van der Waals surface area contributed by atoms with E-state index in [-0.39, 0.29) is 11.8 Å². The molecule has 1 aliphatic rings. The summed E-state index contributed by atoms with van der Waals surface area (Å²) < 4.78 is 1.66. The van der Waals surface area contributed by atoms with Gasteiger partial charge in [0.05, 0.1) is 5.92 Å². The van der Waals surface area contributed by atoms with Crippen LogP contribution in [0.5, 0.6) is 0 Å². The van der Waals surface area contributed by atoms with E-state index in [9.17, 15) is 4.79 Å². The second kappa shape index (κ2) is 7.16. The van der Waals surface area contributed by atoms with Crippen LogP contribution < -0.4 is 10.2 Å². The normalized spacial score (nSPS) is 17.3. The summed E-state index contributed by atoms with van der Waals surface area (Å²) in [7, 11) is 0. The first-order chi connectivity index (χ1) is 12.7. The summed E-state index contributed by atoms with van der Waals surface area (Å²) in [5.74, 6) is 1.30. The predicted molar refractivity (Wildman–Crippen MR) is 97.4 cm³/mol. The van der Waals surface area contributed by atoms with Crippen LogP contribution in [0.15, 0.2) is 30.6 Å². The zero-order chi connectivity index (χ0) is 17.9. The Morgan fingerprint density at radius 2 is 2.08 bits per heavy atom. The van der Waals surface area contributed by atoms with Gasteiger partial charge in [-0.1, -0.05) is 11.3 Å². The molecule has 0 aromatic carbocycles. The summed E-state index contributed by atoms with van der Waals surface area (Å²) in [6.45, 7) is 3.33. The van der Waals surface area contributed by atoms with Crippen LogP contribution in [0, 0.1) is 12.8 Å². The molecule has 1 amide bonds. The van der Waals surface area contributed by atoms with Gasteiger partial charge in [-0.15, -0.1) is 20.4 Å². The fourth-order valence-electron chi connectivity index (χ4n) is 2.97. The van der Waals surface area contributed by atoms with Crippen molar-refractivity contribution in [2.24, 2.45) is 5.92 Å². The highest BCUT2D eigenvalue weighted by Crippen LogP contribution is 2.23. The summed E-state index contributed by atoms with van der Waals surface area (Å²) in [6, 6.07) is 5.63. The Morgan fingerprint density at radius 1 is 1.23 bits per heavy atom. The second-order valence-corrected chi connectivity index (χ2v) is 7.28. The lowest BCUT2D eigenvalue weighted by atomic mass is 9.97. The Hall–Kier alpha value is -2.88. The Labute approximate surface area is 154 Å². The molecule has 10 heteroatoms. The van der Waals surface area contributed by atoms with Crippen LogP contribution in [-0.2, 0) is 4.79 Å². The minimum absolute atomic E-state index is 0.0213. The van der Waals surface area contributed by atoms with E-state index in [0.717, 1.165) is 30.2 Å². The number of anilines is 2. The van der Waals surface area contributed by atoms with Gasteiger partial charge in [0, 0.05) is 25.5 Å². The lowest BCUT2D eigenvalue weighted by Gasteiger charge is -2.32. The topological polar surface area (TPSA) is 102 Å². The molecule has 0 aliphatic carbocycles. The third-order valence-electron chi connectivity index (χ3n) is 4.25. The van der Waals surface area contributed by atoms with Crippen LogP contribution in [0.25, 0.3) is 5.82 Å². The molecule has 1 saturated heterocycles. The van der Waals surface area contributed by atoms with Gasteiger partial charge >= 0.3 is 0 Å². The first kappa shape index (κ1) is 16.6. The van der Waals surface area contributed by atoms with Gasteiger partial charge < -0.3 is 10.2 Å². The van der Waals surface area contributed by atoms with E-state index in [1.807, 2.05) is 31.3 Å². The Bertz CT molecular complexity index is 876. The second-order valence-electron chi connectivity index (χ2n) is 6.10. The summed E-state index contributed by atoms with van der Waals surface area (Å²) >= 11 is 1.38. The largest absolute Gasteiger partial charge is 0.354 e. The molecular formula is C16H18N8OS. The highest BCUT2D eigenvalue weighted by molar-refractivity contribution is 7.15. The molecule has 134 valence electrons. The number of hydrogen-bond donors (Lipinski definition) is 1. The van der Waals surface area contributed by atoms with E-state index in [2.05, 4.69) is 35.7 Å². The Balaban J connectivity index is 1.42. The lowest BCUT2D eigenvalue weighted by Crippen LogP contribution is -2.41. The van der Waals surface area contributed by atoms with Crippen molar-refractivity contribution in [2.45, 2.75) is 19.8 Å². The van der Waals surface area contributed by atoms with Gasteiger partial charge in [0.1, 0.15) is 5.01 Å². The van der Waals surface area contributed by atoms with E-state index in [1.54, 1.807) is 10.9 Å². The van der Waals surface area contributed by atoms with Crippen molar-refractivity contribution in [3.05, 3.63) is 35.6 Å². The Kier molecular flexibility index (Phi) is 4.57. The van der Waals surface area contributed by atoms with Crippen molar-refractivity contribution in [1.29, 1.82) is 0 Å². The Morgan fingerprint density at radius 3 is 2.77 bits per heavy atom. The number of aromatic nitrogens is 6. The highest BCUT2D eigenvalue weighted by Gasteiger charge is 2.27. The van der Waals surface area contributed by atoms with Crippen molar-refractivity contribution in [2.75, 3.05) is 23.3 Å². The summed E-state index contributed by atoms with van der Waals surface area (Å²) in [4.78, 5) is 14.6. The molecule has 3 aromatic heterocycles. The number of nitrogens with one attached hydrogen (secondary N) is 1. The van der Waals surface area contributed by atoms with Crippen LogP contribution in [0.4, 0.5) is 10.9 Å². The maximum absolute atomic E-state index is 12.5. The molecule has 1 N–H and O–H groups in total. The van der Waals surface area contributed by atoms with E-state index in [1.165, 1.54) is 11.3 Å². The first-order valence-electron chi connectivity index (χ1n) is 8.39. The molecule has 1 atom stereocenters. The third-order valence-corrected chi connectivity index (χ3v) is 5.00. The van der Waals surface area contributed by atoms with E-state index >= 15 is 0 Å². The number of amides is 1. The van der Waals surface area contributed by atoms with E-state index < -0.39 is 0 Å². The number of hydrogen-bond acceptors (Lipinski definition) is 8. The summed E-state index contributed by atoms with van der Waals surface area (Å²) in [5.41, 5.74) is 0. The summed E-state index contributed by atoms with van der Waals surface area (Å²) in [5, 5.41) is 24.8. The molecule has 4 rings (SSSR count). The molecule has 9 nitrogen and oxygen atoms in total. The first-order valence-corrected chi connectivity index (χ1v) is 9.20. The maximum atomic E-state index is 12.5. The van der Waals surface area contributed by atoms with E-state index in [4.69, 9.17) is 0 Å². The quantitative estimate of drug-likeness (QED) is 0.745. The highest BCUT2D eigenvalue weighted by atomic mass is 32.1. The smallest absolute Gasteiger partial charge is 0.231 e. The molecule has 0 spiro atoms. The average Bonchev–Trinajstić information content (AvgIpc) is 3.34. The molecule has 1 unspecified atom stereocenters. The molecular weight excluding hydrogens is 352 g/mol. The van der Waals surface area contributed by atoms with Crippen molar-refractivity contribution < 1.29 is 4.79 Å². The number of rotatable bonds is 4. The molecule has 0 bridgehead atoms. The maximum Gasteiger partial charge on any atom is 0.231 e. The van der Waals surface area contributed by atoms with Crippen molar-refractivity contribution in [1.82, 2.24) is 30.2 Å². The minimum atomic E-state index is -0.111. The van der Waals surface area contributed by atoms with Crippen LogP contribution in [0.1, 0.15) is 17.8 Å². The third kappa shape index (κ3) is 3.54. The monoisotopic (exact) mass is 370 g/mol. The number of piperidine rings is 1. The van der Waals surface area contributed by atoms with Crippen molar-refractivity contribution in [3.63, 3.8) is 0 Å². The standard InChI is InChI=1S/C16H18N8OS/c1-11-19-22-16(26-11)18-15(25)12-4-2-8-23(10-12)13-5-6-14(21-20-13)24-9-3-7-17-24/h3,5-7,9,12H,2,4,8,10H2,1H3,(H,18,22,25). The van der Waals surface area contributed by atoms with Gasteiger partial charge in [0.15, 0.2) is 11.6 Å². The van der Waals surface area contributed by atoms with Crippen LogP contribution in [-0.4, -0.2) is 49.2 Å². The summed E-state index contributed by atoms with van der Waals surface area (Å²) in [6.07, 6.45) is 5.29. The van der Waals surface area contributed by atoms with Crippen molar-refractivity contribution >= 4 is 28.2 Å². The average molecular weight is 370 g/mol. The molecule has 0 radical (unpaired) electrons. The zero-order valence-corrected chi connectivity index (χ0v) is 15.1. The van der Waals surface area contributed by atoms with E-state index in [0.29, 0.717) is 17.5 Å².